The summed E-state index contributed by atoms with van der Waals surface area (Å²) >= 11 is 6.21. The lowest BCUT2D eigenvalue weighted by Gasteiger charge is -2.12. The number of benzene rings is 1. The van der Waals surface area contributed by atoms with Crippen LogP contribution in [0.2, 0.25) is 5.02 Å². The summed E-state index contributed by atoms with van der Waals surface area (Å²) in [4.78, 5) is 4.75. The second-order valence-corrected chi connectivity index (χ2v) is 5.31. The van der Waals surface area contributed by atoms with Crippen molar-refractivity contribution in [1.29, 1.82) is 0 Å². The lowest BCUT2D eigenvalue weighted by molar-refractivity contribution is 0.415. The van der Waals surface area contributed by atoms with Gasteiger partial charge in [-0.25, -0.2) is 0 Å². The minimum absolute atomic E-state index is 0.620. The fourth-order valence-electron chi connectivity index (χ4n) is 2.33. The van der Waals surface area contributed by atoms with Gasteiger partial charge in [-0.05, 0) is 31.9 Å². The summed E-state index contributed by atoms with van der Waals surface area (Å²) in [5, 5.41) is 5.07. The number of methoxy groups -OCH3 is 1. The first-order chi connectivity index (χ1) is 9.22. The van der Waals surface area contributed by atoms with Crippen LogP contribution in [0.1, 0.15) is 31.4 Å². The number of hydrogen-bond donors (Lipinski definition) is 1. The van der Waals surface area contributed by atoms with E-state index in [1.165, 1.54) is 18.5 Å². The Kier molecular flexibility index (Phi) is 3.23. The molecule has 1 saturated carbocycles. The van der Waals surface area contributed by atoms with Gasteiger partial charge in [0.15, 0.2) is 0 Å². The van der Waals surface area contributed by atoms with E-state index in [4.69, 9.17) is 21.3 Å². The third kappa shape index (κ3) is 2.35. The molecular formula is C15H17ClN2O. The predicted octanol–water partition coefficient (Wildman–Crippen LogP) is 4.21. The van der Waals surface area contributed by atoms with Gasteiger partial charge in [-0.15, -0.1) is 0 Å². The molecule has 3 nitrogen and oxygen atoms in total. The van der Waals surface area contributed by atoms with Crippen molar-refractivity contribution in [1.82, 2.24) is 4.98 Å². The molecule has 0 bridgehead atoms. The number of nitrogens with one attached hydrogen (secondary N) is 1. The van der Waals surface area contributed by atoms with Crippen molar-refractivity contribution in [3.8, 4) is 5.75 Å². The first-order valence-electron chi connectivity index (χ1n) is 6.65. The van der Waals surface area contributed by atoms with Crippen LogP contribution in [0.25, 0.3) is 10.9 Å². The monoisotopic (exact) mass is 276 g/mol. The molecule has 0 aliphatic heterocycles. The summed E-state index contributed by atoms with van der Waals surface area (Å²) < 4.78 is 5.28. The summed E-state index contributed by atoms with van der Waals surface area (Å²) in [6, 6.07) is 6.01. The largest absolute Gasteiger partial charge is 0.495 e. The van der Waals surface area contributed by atoms with E-state index in [0.717, 1.165) is 23.1 Å². The zero-order valence-corrected chi connectivity index (χ0v) is 11.9. The van der Waals surface area contributed by atoms with E-state index in [0.29, 0.717) is 16.7 Å². The molecule has 19 heavy (non-hydrogen) atoms. The summed E-state index contributed by atoms with van der Waals surface area (Å²) in [6.45, 7) is 2.97. The summed E-state index contributed by atoms with van der Waals surface area (Å²) in [5.74, 6) is 1.31. The fraction of sp³-hybridized carbons (Fsp3) is 0.400. The third-order valence-corrected chi connectivity index (χ3v) is 3.76. The Balaban J connectivity index is 2.21. The minimum atomic E-state index is 0.620. The van der Waals surface area contributed by atoms with Crippen LogP contribution in [0.3, 0.4) is 0 Å². The second kappa shape index (κ2) is 4.89. The molecule has 0 amide bonds. The van der Waals surface area contributed by atoms with Crippen LogP contribution >= 0.6 is 11.6 Å². The Morgan fingerprint density at radius 2 is 2.16 bits per heavy atom. The number of ether oxygens (including phenoxy) is 1. The second-order valence-electron chi connectivity index (χ2n) is 4.90. The van der Waals surface area contributed by atoms with E-state index in [9.17, 15) is 0 Å². The molecule has 100 valence electrons. The molecule has 0 spiro atoms. The molecule has 1 N–H and O–H groups in total. The fourth-order valence-corrected chi connectivity index (χ4v) is 2.57. The molecule has 1 fully saturated rings. The molecule has 1 heterocycles. The lowest BCUT2D eigenvalue weighted by Crippen LogP contribution is -2.00. The number of aromatic nitrogens is 1. The van der Waals surface area contributed by atoms with Crippen LogP contribution in [0.5, 0.6) is 5.75 Å². The van der Waals surface area contributed by atoms with E-state index in [-0.39, 0.29) is 0 Å². The first-order valence-corrected chi connectivity index (χ1v) is 7.02. The van der Waals surface area contributed by atoms with Crippen molar-refractivity contribution < 1.29 is 4.74 Å². The average Bonchev–Trinajstić information content (AvgIpc) is 3.23. The van der Waals surface area contributed by atoms with Gasteiger partial charge >= 0.3 is 0 Å². The highest BCUT2D eigenvalue weighted by atomic mass is 35.5. The maximum atomic E-state index is 6.21. The molecule has 1 aromatic heterocycles. The average molecular weight is 277 g/mol. The van der Waals surface area contributed by atoms with Crippen molar-refractivity contribution in [3.05, 3.63) is 28.9 Å². The number of rotatable bonds is 4. The molecule has 0 atom stereocenters. The van der Waals surface area contributed by atoms with Gasteiger partial charge in [0.1, 0.15) is 5.75 Å². The maximum Gasteiger partial charge on any atom is 0.139 e. The predicted molar refractivity (Wildman–Crippen MR) is 79.4 cm³/mol. The van der Waals surface area contributed by atoms with E-state index in [2.05, 4.69) is 18.3 Å². The Morgan fingerprint density at radius 1 is 1.37 bits per heavy atom. The molecule has 4 heteroatoms. The number of nitrogens with zero attached hydrogens (tertiary/aromatic N) is 1. The highest BCUT2D eigenvalue weighted by molar-refractivity contribution is 6.33. The quantitative estimate of drug-likeness (QED) is 0.908. The first kappa shape index (κ1) is 12.5. The molecule has 0 radical (unpaired) electrons. The number of fused-ring (bicyclic) bond motifs is 1. The van der Waals surface area contributed by atoms with Gasteiger partial charge in [-0.1, -0.05) is 11.6 Å². The Morgan fingerprint density at radius 3 is 2.79 bits per heavy atom. The molecule has 1 aliphatic carbocycles. The Hall–Kier alpha value is -1.48. The van der Waals surface area contributed by atoms with Crippen molar-refractivity contribution in [2.75, 3.05) is 19.0 Å². The van der Waals surface area contributed by atoms with Crippen molar-refractivity contribution >= 4 is 28.2 Å². The summed E-state index contributed by atoms with van der Waals surface area (Å²) in [5.41, 5.74) is 3.23. The van der Waals surface area contributed by atoms with Crippen molar-refractivity contribution in [3.63, 3.8) is 0 Å². The van der Waals surface area contributed by atoms with Gasteiger partial charge in [-0.2, -0.15) is 0 Å². The normalized spacial score (nSPS) is 14.7. The maximum absolute atomic E-state index is 6.21. The molecular weight excluding hydrogens is 260 g/mol. The smallest absolute Gasteiger partial charge is 0.139 e. The highest BCUT2D eigenvalue weighted by Gasteiger charge is 2.26. The van der Waals surface area contributed by atoms with E-state index in [1.54, 1.807) is 7.11 Å². The van der Waals surface area contributed by atoms with Crippen LogP contribution in [0.15, 0.2) is 18.2 Å². The van der Waals surface area contributed by atoms with Crippen molar-refractivity contribution in [2.45, 2.75) is 25.7 Å². The zero-order chi connectivity index (χ0) is 13.4. The summed E-state index contributed by atoms with van der Waals surface area (Å²) in [7, 11) is 1.63. The zero-order valence-electron chi connectivity index (χ0n) is 11.2. The number of anilines is 1. The number of pyridine rings is 1. The van der Waals surface area contributed by atoms with Gasteiger partial charge in [0.05, 0.1) is 17.6 Å². The molecule has 0 saturated heterocycles. The van der Waals surface area contributed by atoms with Crippen LogP contribution < -0.4 is 10.1 Å². The highest BCUT2D eigenvalue weighted by Crippen LogP contribution is 2.42. The van der Waals surface area contributed by atoms with Gasteiger partial charge in [0, 0.05) is 35.3 Å². The standard InChI is InChI=1S/C15H17ClN2O/c1-3-17-13-7-12(9-4-5-9)18-14-8-15(19-2)11(16)6-10(13)14/h6-9H,3-5H2,1-2H3,(H,17,18). The van der Waals surface area contributed by atoms with Crippen LogP contribution in [-0.4, -0.2) is 18.6 Å². The van der Waals surface area contributed by atoms with E-state index in [1.807, 2.05) is 12.1 Å². The SMILES string of the molecule is CCNc1cc(C2CC2)nc2cc(OC)c(Cl)cc12. The lowest BCUT2D eigenvalue weighted by atomic mass is 10.1. The molecule has 0 unspecified atom stereocenters. The van der Waals surface area contributed by atoms with Crippen molar-refractivity contribution in [2.24, 2.45) is 0 Å². The van der Waals surface area contributed by atoms with Gasteiger partial charge in [-0.3, -0.25) is 4.98 Å². The molecule has 3 rings (SSSR count). The minimum Gasteiger partial charge on any atom is -0.495 e. The van der Waals surface area contributed by atoms with E-state index < -0.39 is 0 Å². The molecule has 1 aromatic carbocycles. The van der Waals surface area contributed by atoms with Crippen LogP contribution in [-0.2, 0) is 0 Å². The van der Waals surface area contributed by atoms with Crippen LogP contribution in [0, 0.1) is 0 Å². The molecule has 1 aliphatic rings. The van der Waals surface area contributed by atoms with E-state index >= 15 is 0 Å². The summed E-state index contributed by atoms with van der Waals surface area (Å²) in [6.07, 6.45) is 2.49. The van der Waals surface area contributed by atoms with Gasteiger partial charge in [0.25, 0.3) is 0 Å². The van der Waals surface area contributed by atoms with Crippen LogP contribution in [0.4, 0.5) is 5.69 Å². The number of hydrogen-bond acceptors (Lipinski definition) is 3. The topological polar surface area (TPSA) is 34.2 Å². The molecule has 2 aromatic rings. The van der Waals surface area contributed by atoms with Gasteiger partial charge in [0.2, 0.25) is 0 Å². The number of halogens is 1. The van der Waals surface area contributed by atoms with Gasteiger partial charge < -0.3 is 10.1 Å². The Labute approximate surface area is 117 Å². The Bertz CT molecular complexity index is 623. The third-order valence-electron chi connectivity index (χ3n) is 3.46.